The maximum atomic E-state index is 12.3. The van der Waals surface area contributed by atoms with Crippen LogP contribution in [0.3, 0.4) is 0 Å². The maximum absolute atomic E-state index is 12.3. The summed E-state index contributed by atoms with van der Waals surface area (Å²) in [4.78, 5) is 24.3. The van der Waals surface area contributed by atoms with Crippen molar-refractivity contribution in [2.24, 2.45) is 0 Å². The molecule has 0 atom stereocenters. The first kappa shape index (κ1) is 14.8. The Balaban J connectivity index is 1.73. The second-order valence-electron chi connectivity index (χ2n) is 5.38. The third-order valence-electron chi connectivity index (χ3n) is 3.68. The van der Waals surface area contributed by atoms with Gasteiger partial charge in [-0.3, -0.25) is 9.36 Å². The van der Waals surface area contributed by atoms with E-state index in [1.165, 1.54) is 4.68 Å². The molecule has 22 heavy (non-hydrogen) atoms. The summed E-state index contributed by atoms with van der Waals surface area (Å²) in [5.41, 5.74) is 0.393. The molecule has 3 rings (SSSR count). The molecule has 1 N–H and O–H groups in total. The van der Waals surface area contributed by atoms with Crippen LogP contribution < -0.4 is 11.0 Å². The van der Waals surface area contributed by atoms with Crippen LogP contribution in [-0.4, -0.2) is 20.3 Å². The molecule has 0 spiro atoms. The van der Waals surface area contributed by atoms with Crippen molar-refractivity contribution >= 4 is 23.2 Å². The number of aromatic nitrogens is 3. The van der Waals surface area contributed by atoms with E-state index in [1.54, 1.807) is 28.8 Å². The summed E-state index contributed by atoms with van der Waals surface area (Å²) in [7, 11) is 0. The zero-order valence-electron chi connectivity index (χ0n) is 12.1. The molecule has 2 heterocycles. The summed E-state index contributed by atoms with van der Waals surface area (Å²) in [6.45, 7) is 0.593. The molecule has 1 amide bonds. The van der Waals surface area contributed by atoms with E-state index in [-0.39, 0.29) is 18.1 Å². The van der Waals surface area contributed by atoms with Crippen LogP contribution in [-0.2, 0) is 24.3 Å². The number of rotatable bonds is 3. The quantitative estimate of drug-likeness (QED) is 0.941. The van der Waals surface area contributed by atoms with Gasteiger partial charge in [-0.05, 0) is 31.0 Å². The fraction of sp³-hybridized carbons (Fsp3) is 0.400. The van der Waals surface area contributed by atoms with E-state index in [1.807, 2.05) is 0 Å². The molecular formula is C15H17ClN4O2. The van der Waals surface area contributed by atoms with E-state index in [0.29, 0.717) is 17.3 Å². The number of nitrogens with one attached hydrogen (secondary N) is 1. The lowest BCUT2D eigenvalue weighted by Gasteiger charge is -2.05. The maximum Gasteiger partial charge on any atom is 0.346 e. The molecule has 7 heteroatoms. The number of halogens is 1. The van der Waals surface area contributed by atoms with Gasteiger partial charge < -0.3 is 5.32 Å². The van der Waals surface area contributed by atoms with Crippen LogP contribution in [0.15, 0.2) is 29.1 Å². The number of carbonyl (C=O) groups excluding carboxylic acids is 1. The van der Waals surface area contributed by atoms with Crippen LogP contribution in [0.25, 0.3) is 0 Å². The summed E-state index contributed by atoms with van der Waals surface area (Å²) >= 11 is 5.88. The van der Waals surface area contributed by atoms with Crippen LogP contribution in [0.2, 0.25) is 5.02 Å². The molecule has 2 aromatic rings. The smallest absolute Gasteiger partial charge is 0.324 e. The van der Waals surface area contributed by atoms with Crippen LogP contribution >= 0.6 is 11.6 Å². The van der Waals surface area contributed by atoms with Crippen molar-refractivity contribution in [3.05, 3.63) is 45.6 Å². The van der Waals surface area contributed by atoms with Crippen molar-refractivity contribution in [2.75, 3.05) is 5.32 Å². The number of aryl methyl sites for hydroxylation is 1. The Kier molecular flexibility index (Phi) is 4.29. The number of carbonyl (C=O) groups is 1. The third kappa shape index (κ3) is 3.22. The van der Waals surface area contributed by atoms with E-state index < -0.39 is 0 Å². The summed E-state index contributed by atoms with van der Waals surface area (Å²) in [5, 5.41) is 7.55. The van der Waals surface area contributed by atoms with Gasteiger partial charge >= 0.3 is 5.69 Å². The van der Waals surface area contributed by atoms with Gasteiger partial charge in [-0.1, -0.05) is 24.1 Å². The minimum Gasteiger partial charge on any atom is -0.324 e. The van der Waals surface area contributed by atoms with E-state index >= 15 is 0 Å². The van der Waals surface area contributed by atoms with E-state index in [0.717, 1.165) is 31.5 Å². The van der Waals surface area contributed by atoms with Gasteiger partial charge in [0.1, 0.15) is 12.4 Å². The molecule has 0 radical (unpaired) electrons. The Morgan fingerprint density at radius 3 is 3.00 bits per heavy atom. The summed E-state index contributed by atoms with van der Waals surface area (Å²) in [6, 6.07) is 6.89. The average molecular weight is 321 g/mol. The monoisotopic (exact) mass is 320 g/mol. The number of anilines is 1. The summed E-state index contributed by atoms with van der Waals surface area (Å²) < 4.78 is 2.92. The predicted molar refractivity (Wildman–Crippen MR) is 84.1 cm³/mol. The Bertz CT molecular complexity index is 750. The van der Waals surface area contributed by atoms with Crippen LogP contribution in [0.1, 0.15) is 25.1 Å². The van der Waals surface area contributed by atoms with Gasteiger partial charge in [0.05, 0.1) is 0 Å². The van der Waals surface area contributed by atoms with E-state index in [4.69, 9.17) is 11.6 Å². The first-order valence-corrected chi connectivity index (χ1v) is 7.73. The molecule has 116 valence electrons. The number of amides is 1. The lowest BCUT2D eigenvalue weighted by atomic mass is 10.2. The molecule has 1 aromatic heterocycles. The number of hydrogen-bond acceptors (Lipinski definition) is 3. The minimum atomic E-state index is -0.294. The second kappa shape index (κ2) is 6.36. The number of hydrogen-bond donors (Lipinski definition) is 1. The van der Waals surface area contributed by atoms with E-state index in [2.05, 4.69) is 10.4 Å². The Hall–Kier alpha value is -2.08. The predicted octanol–water partition coefficient (Wildman–Crippen LogP) is 2.06. The summed E-state index contributed by atoms with van der Waals surface area (Å²) in [5.74, 6) is 0.482. The molecule has 0 saturated heterocycles. The van der Waals surface area contributed by atoms with Gasteiger partial charge in [-0.15, -0.1) is 0 Å². The van der Waals surface area contributed by atoms with Crippen LogP contribution in [0, 0.1) is 0 Å². The summed E-state index contributed by atoms with van der Waals surface area (Å²) in [6.07, 6.45) is 3.91. The van der Waals surface area contributed by atoms with Crippen LogP contribution in [0.4, 0.5) is 5.69 Å². The highest BCUT2D eigenvalue weighted by Gasteiger charge is 2.17. The normalized spacial score (nSPS) is 14.2. The van der Waals surface area contributed by atoms with Gasteiger partial charge in [0.2, 0.25) is 5.91 Å². The largest absolute Gasteiger partial charge is 0.346 e. The molecule has 0 saturated carbocycles. The van der Waals surface area contributed by atoms with Crippen molar-refractivity contribution in [3.63, 3.8) is 0 Å². The molecule has 6 nitrogen and oxygen atoms in total. The van der Waals surface area contributed by atoms with Crippen molar-refractivity contribution in [3.8, 4) is 0 Å². The highest BCUT2D eigenvalue weighted by atomic mass is 35.5. The van der Waals surface area contributed by atoms with Gasteiger partial charge in [0.15, 0.2) is 0 Å². The fourth-order valence-electron chi connectivity index (χ4n) is 2.63. The molecule has 0 unspecified atom stereocenters. The Labute approximate surface area is 132 Å². The Morgan fingerprint density at radius 1 is 1.32 bits per heavy atom. The highest BCUT2D eigenvalue weighted by Crippen LogP contribution is 2.15. The van der Waals surface area contributed by atoms with Crippen molar-refractivity contribution in [1.82, 2.24) is 14.3 Å². The number of benzene rings is 1. The van der Waals surface area contributed by atoms with Gasteiger partial charge in [-0.25, -0.2) is 9.48 Å². The van der Waals surface area contributed by atoms with Crippen molar-refractivity contribution < 1.29 is 4.79 Å². The van der Waals surface area contributed by atoms with E-state index in [9.17, 15) is 9.59 Å². The van der Waals surface area contributed by atoms with Crippen LogP contribution in [0.5, 0.6) is 0 Å². The molecule has 1 aliphatic heterocycles. The van der Waals surface area contributed by atoms with Gasteiger partial charge in [0.25, 0.3) is 0 Å². The fourth-order valence-corrected chi connectivity index (χ4v) is 2.82. The zero-order chi connectivity index (χ0) is 15.5. The lowest BCUT2D eigenvalue weighted by Crippen LogP contribution is -2.30. The SMILES string of the molecule is O=C(Cn1nc2n(c1=O)CCCCC2)Nc1cccc(Cl)c1. The second-order valence-corrected chi connectivity index (χ2v) is 5.81. The first-order valence-electron chi connectivity index (χ1n) is 7.35. The molecule has 0 bridgehead atoms. The first-order chi connectivity index (χ1) is 10.6. The van der Waals surface area contributed by atoms with Gasteiger partial charge in [-0.2, -0.15) is 5.10 Å². The number of nitrogens with zero attached hydrogens (tertiary/aromatic N) is 3. The molecule has 1 aliphatic rings. The number of fused-ring (bicyclic) bond motifs is 1. The molecule has 1 aromatic carbocycles. The zero-order valence-corrected chi connectivity index (χ0v) is 12.8. The van der Waals surface area contributed by atoms with Gasteiger partial charge in [0, 0.05) is 23.7 Å². The topological polar surface area (TPSA) is 68.9 Å². The molecule has 0 fully saturated rings. The average Bonchev–Trinajstić information content (AvgIpc) is 2.65. The molecule has 0 aliphatic carbocycles. The molecular weight excluding hydrogens is 304 g/mol. The minimum absolute atomic E-state index is 0.0919. The van der Waals surface area contributed by atoms with Crippen molar-refractivity contribution in [2.45, 2.75) is 38.8 Å². The lowest BCUT2D eigenvalue weighted by molar-refractivity contribution is -0.117. The highest BCUT2D eigenvalue weighted by molar-refractivity contribution is 6.30. The standard InChI is InChI=1S/C15H17ClN4O2/c16-11-5-4-6-12(9-11)17-14(21)10-20-15(22)19-8-3-1-2-7-13(19)18-20/h4-6,9H,1-3,7-8,10H2,(H,17,21). The van der Waals surface area contributed by atoms with Crippen molar-refractivity contribution in [1.29, 1.82) is 0 Å². The Morgan fingerprint density at radius 2 is 2.18 bits per heavy atom. The third-order valence-corrected chi connectivity index (χ3v) is 3.92.